The quantitative estimate of drug-likeness (QED) is 0.183. The zero-order chi connectivity index (χ0) is 21.3. The lowest BCUT2D eigenvalue weighted by atomic mass is 9.77. The minimum Gasteiger partial charge on any atom is -0.192 e. The van der Waals surface area contributed by atoms with Crippen LogP contribution in [0.25, 0.3) is 0 Å². The Hall–Kier alpha value is -1.62. The SMILES string of the molecule is CCCCCC1CCC(c2ccc(C#Cc3cc(Cl)c(N=C=S)c(Cl)c3)cc2)CC1. The first-order valence-corrected chi connectivity index (χ1v) is 12.0. The second kappa shape index (κ2) is 11.7. The smallest absolute Gasteiger partial charge is 0.111 e. The second-order valence-corrected chi connectivity index (χ2v) is 9.07. The number of unbranched alkanes of at least 4 members (excludes halogenated alkanes) is 2. The molecule has 0 amide bonds. The van der Waals surface area contributed by atoms with Gasteiger partial charge >= 0.3 is 0 Å². The van der Waals surface area contributed by atoms with Crippen molar-refractivity contribution in [3.8, 4) is 11.8 Å². The molecule has 0 atom stereocenters. The molecule has 0 aliphatic heterocycles. The third kappa shape index (κ3) is 6.44. The van der Waals surface area contributed by atoms with Crippen molar-refractivity contribution in [3.63, 3.8) is 0 Å². The average molecular weight is 456 g/mol. The fourth-order valence-electron chi connectivity index (χ4n) is 4.24. The zero-order valence-electron chi connectivity index (χ0n) is 17.4. The molecule has 1 aliphatic carbocycles. The van der Waals surface area contributed by atoms with Crippen LogP contribution in [-0.4, -0.2) is 5.16 Å². The monoisotopic (exact) mass is 455 g/mol. The first kappa shape index (κ1) is 23.1. The number of aliphatic imine (C=N–C) groups is 1. The topological polar surface area (TPSA) is 12.4 Å². The number of rotatable bonds is 6. The molecule has 0 N–H and O–H groups in total. The van der Waals surface area contributed by atoms with Gasteiger partial charge in [0.25, 0.3) is 0 Å². The Kier molecular flexibility index (Phi) is 8.98. The lowest BCUT2D eigenvalue weighted by molar-refractivity contribution is 0.303. The maximum absolute atomic E-state index is 6.22. The van der Waals surface area contributed by atoms with Crippen molar-refractivity contribution in [1.82, 2.24) is 0 Å². The maximum atomic E-state index is 6.22. The molecule has 0 heterocycles. The van der Waals surface area contributed by atoms with Crippen LogP contribution in [0.3, 0.4) is 0 Å². The van der Waals surface area contributed by atoms with Crippen LogP contribution in [0.4, 0.5) is 5.69 Å². The van der Waals surface area contributed by atoms with Crippen LogP contribution < -0.4 is 0 Å². The van der Waals surface area contributed by atoms with E-state index in [9.17, 15) is 0 Å². The van der Waals surface area contributed by atoms with Crippen LogP contribution in [0.1, 0.15) is 80.9 Å². The Labute approximate surface area is 195 Å². The van der Waals surface area contributed by atoms with Crippen molar-refractivity contribution < 1.29 is 0 Å². The number of hydrogen-bond donors (Lipinski definition) is 0. The van der Waals surface area contributed by atoms with Gasteiger partial charge in [-0.3, -0.25) is 0 Å². The molecular formula is C26H27Cl2NS. The third-order valence-corrected chi connectivity index (χ3v) is 6.64. The fourth-order valence-corrected chi connectivity index (χ4v) is 4.90. The van der Waals surface area contributed by atoms with E-state index in [0.717, 1.165) is 17.0 Å². The predicted octanol–water partition coefficient (Wildman–Crippen LogP) is 8.98. The number of thiocarbonyl (C=S) groups is 1. The van der Waals surface area contributed by atoms with Crippen molar-refractivity contribution in [2.75, 3.05) is 0 Å². The third-order valence-electron chi connectivity index (χ3n) is 5.97. The number of isothiocyanates is 1. The maximum Gasteiger partial charge on any atom is 0.111 e. The van der Waals surface area contributed by atoms with E-state index >= 15 is 0 Å². The van der Waals surface area contributed by atoms with Gasteiger partial charge in [0.2, 0.25) is 0 Å². The molecule has 1 saturated carbocycles. The van der Waals surface area contributed by atoms with Crippen molar-refractivity contribution in [1.29, 1.82) is 0 Å². The van der Waals surface area contributed by atoms with Crippen LogP contribution in [-0.2, 0) is 0 Å². The first-order chi connectivity index (χ1) is 14.6. The van der Waals surface area contributed by atoms with Crippen LogP contribution in [0.5, 0.6) is 0 Å². The molecule has 156 valence electrons. The van der Waals surface area contributed by atoms with E-state index in [-0.39, 0.29) is 0 Å². The van der Waals surface area contributed by atoms with Gasteiger partial charge in [0.15, 0.2) is 0 Å². The lowest BCUT2D eigenvalue weighted by Crippen LogP contribution is -2.13. The van der Waals surface area contributed by atoms with E-state index in [1.807, 2.05) is 0 Å². The molecular weight excluding hydrogens is 429 g/mol. The first-order valence-electron chi connectivity index (χ1n) is 10.8. The van der Waals surface area contributed by atoms with Crippen LogP contribution in [0.15, 0.2) is 41.4 Å². The number of hydrogen-bond acceptors (Lipinski definition) is 2. The molecule has 4 heteroatoms. The second-order valence-electron chi connectivity index (χ2n) is 8.08. The van der Waals surface area contributed by atoms with Gasteiger partial charge in [-0.2, -0.15) is 4.99 Å². The van der Waals surface area contributed by atoms with E-state index in [4.69, 9.17) is 23.2 Å². The van der Waals surface area contributed by atoms with Crippen molar-refractivity contribution in [2.24, 2.45) is 10.9 Å². The molecule has 3 rings (SSSR count). The molecule has 1 nitrogen and oxygen atoms in total. The summed E-state index contributed by atoms with van der Waals surface area (Å²) >= 11 is 17.1. The molecule has 2 aromatic carbocycles. The highest BCUT2D eigenvalue weighted by Crippen LogP contribution is 2.38. The van der Waals surface area contributed by atoms with Gasteiger partial charge in [-0.25, -0.2) is 0 Å². The fraction of sp³-hybridized carbons (Fsp3) is 0.423. The van der Waals surface area contributed by atoms with Gasteiger partial charge in [-0.1, -0.05) is 79.8 Å². The average Bonchev–Trinajstić information content (AvgIpc) is 2.76. The molecule has 1 aliphatic rings. The molecule has 0 bridgehead atoms. The van der Waals surface area contributed by atoms with Gasteiger partial charge in [0.1, 0.15) is 5.69 Å². The molecule has 0 aromatic heterocycles. The molecule has 30 heavy (non-hydrogen) atoms. The number of benzene rings is 2. The van der Waals surface area contributed by atoms with Gasteiger partial charge in [-0.05, 0) is 79.6 Å². The zero-order valence-corrected chi connectivity index (χ0v) is 19.7. The van der Waals surface area contributed by atoms with E-state index in [0.29, 0.717) is 21.7 Å². The minimum atomic E-state index is 0.421. The van der Waals surface area contributed by atoms with E-state index < -0.39 is 0 Å². The Morgan fingerprint density at radius 1 is 0.933 bits per heavy atom. The van der Waals surface area contributed by atoms with E-state index in [2.05, 4.69) is 65.4 Å². The van der Waals surface area contributed by atoms with Gasteiger partial charge < -0.3 is 0 Å². The molecule has 2 aromatic rings. The van der Waals surface area contributed by atoms with Gasteiger partial charge in [0, 0.05) is 11.1 Å². The van der Waals surface area contributed by atoms with Gasteiger partial charge in [0.05, 0.1) is 15.2 Å². The largest absolute Gasteiger partial charge is 0.192 e. The van der Waals surface area contributed by atoms with Crippen molar-refractivity contribution >= 4 is 46.3 Å². The molecule has 0 spiro atoms. The Bertz CT molecular complexity index is 934. The summed E-state index contributed by atoms with van der Waals surface area (Å²) < 4.78 is 0. The minimum absolute atomic E-state index is 0.421. The van der Waals surface area contributed by atoms with Crippen LogP contribution >= 0.6 is 35.4 Å². The van der Waals surface area contributed by atoms with Crippen molar-refractivity contribution in [3.05, 3.63) is 63.1 Å². The standard InChI is InChI=1S/C26H27Cl2NS/c1-2-3-4-5-19-8-12-22(13-9-19)23-14-10-20(11-15-23)6-7-21-16-24(27)26(29-18-30)25(28)17-21/h10-11,14-17,19,22H,2-5,8-9,12-13H2,1H3. The summed E-state index contributed by atoms with van der Waals surface area (Å²) in [7, 11) is 0. The summed E-state index contributed by atoms with van der Waals surface area (Å²) in [5.74, 6) is 7.97. The van der Waals surface area contributed by atoms with E-state index in [1.165, 1.54) is 56.9 Å². The van der Waals surface area contributed by atoms with E-state index in [1.54, 1.807) is 12.1 Å². The predicted molar refractivity (Wildman–Crippen MR) is 132 cm³/mol. The molecule has 1 fully saturated rings. The summed E-state index contributed by atoms with van der Waals surface area (Å²) in [6, 6.07) is 12.2. The number of nitrogens with zero attached hydrogens (tertiary/aromatic N) is 1. The summed E-state index contributed by atoms with van der Waals surface area (Å²) in [6.07, 6.45) is 10.9. The van der Waals surface area contributed by atoms with Gasteiger partial charge in [-0.15, -0.1) is 0 Å². The summed E-state index contributed by atoms with van der Waals surface area (Å²) in [4.78, 5) is 3.90. The van der Waals surface area contributed by atoms with Crippen LogP contribution in [0, 0.1) is 17.8 Å². The Balaban J connectivity index is 1.61. The summed E-state index contributed by atoms with van der Waals surface area (Å²) in [6.45, 7) is 2.28. The molecule has 0 radical (unpaired) electrons. The Morgan fingerprint density at radius 2 is 1.57 bits per heavy atom. The highest BCUT2D eigenvalue weighted by atomic mass is 35.5. The van der Waals surface area contributed by atoms with Crippen molar-refractivity contribution in [2.45, 2.75) is 64.2 Å². The number of halogens is 2. The normalized spacial score (nSPS) is 18.2. The Morgan fingerprint density at radius 3 is 2.17 bits per heavy atom. The highest BCUT2D eigenvalue weighted by Gasteiger charge is 2.21. The molecule has 0 unspecified atom stereocenters. The summed E-state index contributed by atoms with van der Waals surface area (Å²) in [5.41, 5.74) is 3.61. The molecule has 0 saturated heterocycles. The van der Waals surface area contributed by atoms with Crippen LogP contribution in [0.2, 0.25) is 10.0 Å². The lowest BCUT2D eigenvalue weighted by Gasteiger charge is -2.29. The summed E-state index contributed by atoms with van der Waals surface area (Å²) in [5, 5.41) is 3.13. The highest BCUT2D eigenvalue weighted by molar-refractivity contribution is 7.78.